The van der Waals surface area contributed by atoms with Crippen molar-refractivity contribution in [1.82, 2.24) is 4.91 Å². The highest BCUT2D eigenvalue weighted by molar-refractivity contribution is 6.36. The number of carbonyl (C=O) groups excluding carboxylic acids is 1. The predicted molar refractivity (Wildman–Crippen MR) is 86.2 cm³/mol. The number of anilines is 1. The van der Waals surface area contributed by atoms with Gasteiger partial charge in [-0.2, -0.15) is 17.6 Å². The molecule has 0 spiro atoms. The topological polar surface area (TPSA) is 60.8 Å². The van der Waals surface area contributed by atoms with Gasteiger partial charge in [0.05, 0.1) is 16.2 Å². The molecule has 0 saturated carbocycles. The molecule has 0 radical (unpaired) electrons. The molecule has 0 fully saturated rings. The highest BCUT2D eigenvalue weighted by atomic mass is 35.5. The Balaban J connectivity index is 1.92. The van der Waals surface area contributed by atoms with Crippen molar-refractivity contribution in [3.05, 3.63) is 59.7 Å². The van der Waals surface area contributed by atoms with Gasteiger partial charge in [0.1, 0.15) is 5.69 Å². The number of rotatable bonds is 1. The van der Waals surface area contributed by atoms with Crippen LogP contribution >= 0.6 is 11.8 Å². The number of amides is 1. The fourth-order valence-electron chi connectivity index (χ4n) is 2.63. The van der Waals surface area contributed by atoms with E-state index in [-0.39, 0.29) is 11.3 Å². The van der Waals surface area contributed by atoms with Gasteiger partial charge in [0.2, 0.25) is 0 Å². The Morgan fingerprint density at radius 3 is 2.30 bits per heavy atom. The molecule has 1 aromatic heterocycles. The number of para-hydroxylation sites is 2. The lowest BCUT2D eigenvalue weighted by molar-refractivity contribution is -0.240. The minimum atomic E-state index is -5.02. The number of ether oxygens (including phenoxy) is 1. The van der Waals surface area contributed by atoms with Crippen molar-refractivity contribution in [2.24, 2.45) is 0 Å². The first kappa shape index (κ1) is 17.2. The number of hydrogen-bond donors (Lipinski definition) is 0. The highest BCUT2D eigenvalue weighted by Gasteiger charge is 2.63. The summed E-state index contributed by atoms with van der Waals surface area (Å²) in [6.45, 7) is 0. The lowest BCUT2D eigenvalue weighted by atomic mass is 9.90. The molecule has 4 rings (SSSR count). The molecule has 0 bridgehead atoms. The minimum absolute atomic E-state index is 0.159. The van der Waals surface area contributed by atoms with Crippen molar-refractivity contribution in [2.75, 3.05) is 4.42 Å². The van der Waals surface area contributed by atoms with E-state index < -0.39 is 23.4 Å². The van der Waals surface area contributed by atoms with E-state index in [1.807, 2.05) is 0 Å². The summed E-state index contributed by atoms with van der Waals surface area (Å²) in [5.41, 5.74) is -3.25. The van der Waals surface area contributed by atoms with Gasteiger partial charge in [0.15, 0.2) is 0 Å². The summed E-state index contributed by atoms with van der Waals surface area (Å²) in [5.74, 6) is 4.50. The number of hydrogen-bond acceptors (Lipinski definition) is 4. The van der Waals surface area contributed by atoms with E-state index in [4.69, 9.17) is 16.5 Å². The lowest BCUT2D eigenvalue weighted by Gasteiger charge is -2.37. The van der Waals surface area contributed by atoms with Gasteiger partial charge in [-0.25, -0.2) is 4.79 Å². The maximum absolute atomic E-state index is 14.0. The number of fused-ring (bicyclic) bond motifs is 1. The number of benzene rings is 2. The van der Waals surface area contributed by atoms with E-state index in [9.17, 15) is 18.0 Å². The maximum Gasteiger partial charge on any atom is 0.445 e. The fourth-order valence-corrected chi connectivity index (χ4v) is 2.81. The zero-order chi connectivity index (χ0) is 19.2. The normalized spacial score (nSPS) is 19.3. The van der Waals surface area contributed by atoms with Crippen LogP contribution in [0, 0.1) is 11.8 Å². The molecule has 1 atom stereocenters. The molecule has 0 aliphatic carbocycles. The molecule has 0 N–H and O–H groups in total. The first-order valence-electron chi connectivity index (χ1n) is 7.46. The standard InChI is InChI=1S/C17H8ClF3N2O4/c18-22-14-8-4-2-6-12(14)16(17(19,20)21,25-15(22)24)10-9-11-5-1-3-7-13(11)23-26-27-23/h1-8H. The van der Waals surface area contributed by atoms with Crippen LogP contribution in [-0.4, -0.2) is 17.2 Å². The van der Waals surface area contributed by atoms with Crippen molar-refractivity contribution in [3.63, 3.8) is 0 Å². The SMILES string of the molecule is O=C1OC(C#Cc2ccccc2-n2oo2)(C(F)(F)F)c2ccccc2N1Cl. The van der Waals surface area contributed by atoms with Crippen molar-refractivity contribution < 1.29 is 32.1 Å². The van der Waals surface area contributed by atoms with Gasteiger partial charge in [-0.1, -0.05) is 36.3 Å². The summed E-state index contributed by atoms with van der Waals surface area (Å²) >= 11 is 5.77. The minimum Gasteiger partial charge on any atom is -0.414 e. The number of nitrogens with zero attached hydrogens (tertiary/aromatic N) is 2. The van der Waals surface area contributed by atoms with Crippen molar-refractivity contribution >= 4 is 23.6 Å². The summed E-state index contributed by atoms with van der Waals surface area (Å²) in [6.07, 6.45) is -6.40. The van der Waals surface area contributed by atoms with E-state index in [0.717, 1.165) is 11.0 Å². The quantitative estimate of drug-likeness (QED) is 0.343. The van der Waals surface area contributed by atoms with E-state index in [2.05, 4.69) is 21.2 Å². The van der Waals surface area contributed by atoms with Crippen LogP contribution in [0.2, 0.25) is 0 Å². The number of cyclic esters (lactones) is 1. The Morgan fingerprint density at radius 2 is 1.63 bits per heavy atom. The van der Waals surface area contributed by atoms with Crippen LogP contribution in [0.3, 0.4) is 0 Å². The molecule has 0 saturated heterocycles. The zero-order valence-corrected chi connectivity index (χ0v) is 13.9. The van der Waals surface area contributed by atoms with Crippen LogP contribution < -0.4 is 4.42 Å². The van der Waals surface area contributed by atoms with Crippen LogP contribution in [0.4, 0.5) is 23.7 Å². The first-order valence-corrected chi connectivity index (χ1v) is 7.79. The van der Waals surface area contributed by atoms with Gasteiger partial charge in [-0.05, 0) is 24.1 Å². The Bertz CT molecular complexity index is 1060. The molecule has 1 amide bonds. The highest BCUT2D eigenvalue weighted by Crippen LogP contribution is 2.49. The van der Waals surface area contributed by atoms with E-state index >= 15 is 0 Å². The summed E-state index contributed by atoms with van der Waals surface area (Å²) in [7, 11) is 0. The molecule has 10 heteroatoms. The largest absolute Gasteiger partial charge is 0.445 e. The molecular weight excluding hydrogens is 389 g/mol. The smallest absolute Gasteiger partial charge is 0.414 e. The van der Waals surface area contributed by atoms with Gasteiger partial charge >= 0.3 is 12.3 Å². The lowest BCUT2D eigenvalue weighted by Crippen LogP contribution is -2.51. The summed E-state index contributed by atoms with van der Waals surface area (Å²) in [6, 6.07) is 11.5. The van der Waals surface area contributed by atoms with E-state index in [1.165, 1.54) is 24.3 Å². The van der Waals surface area contributed by atoms with Gasteiger partial charge in [0, 0.05) is 17.3 Å². The molecule has 3 aromatic rings. The summed E-state index contributed by atoms with van der Waals surface area (Å²) in [4.78, 5) is 12.9. The van der Waals surface area contributed by atoms with Crippen LogP contribution in [0.25, 0.3) is 5.69 Å². The first-order chi connectivity index (χ1) is 12.8. The average Bonchev–Trinajstić information content (AvgIpc) is 3.48. The predicted octanol–water partition coefficient (Wildman–Crippen LogP) is 4.58. The van der Waals surface area contributed by atoms with Crippen molar-refractivity contribution in [3.8, 4) is 17.5 Å². The third-order valence-corrected chi connectivity index (χ3v) is 4.24. The monoisotopic (exact) mass is 396 g/mol. The third-order valence-electron chi connectivity index (χ3n) is 3.92. The van der Waals surface area contributed by atoms with Crippen LogP contribution in [-0.2, 0) is 10.3 Å². The molecule has 1 aliphatic heterocycles. The molecule has 27 heavy (non-hydrogen) atoms. The van der Waals surface area contributed by atoms with Crippen molar-refractivity contribution in [1.29, 1.82) is 0 Å². The van der Waals surface area contributed by atoms with Crippen LogP contribution in [0.15, 0.2) is 57.9 Å². The second kappa shape index (κ2) is 5.89. The van der Waals surface area contributed by atoms with Gasteiger partial charge in [0.25, 0.3) is 5.60 Å². The zero-order valence-electron chi connectivity index (χ0n) is 13.2. The van der Waals surface area contributed by atoms with Gasteiger partial charge < -0.3 is 4.74 Å². The van der Waals surface area contributed by atoms with Crippen LogP contribution in [0.1, 0.15) is 11.1 Å². The number of alkyl halides is 3. The molecule has 1 aliphatic rings. The average molecular weight is 397 g/mol. The van der Waals surface area contributed by atoms with Gasteiger partial charge in [-0.3, -0.25) is 0 Å². The molecule has 2 heterocycles. The maximum atomic E-state index is 14.0. The Labute approximate surface area is 154 Å². The Hall–Kier alpha value is -3.25. The van der Waals surface area contributed by atoms with Crippen molar-refractivity contribution in [2.45, 2.75) is 11.8 Å². The second-order valence-corrected chi connectivity index (χ2v) is 5.86. The molecule has 2 aromatic carbocycles. The van der Waals surface area contributed by atoms with Crippen LogP contribution in [0.5, 0.6) is 0 Å². The van der Waals surface area contributed by atoms with E-state index in [0.29, 0.717) is 10.1 Å². The van der Waals surface area contributed by atoms with Gasteiger partial charge in [-0.15, -0.1) is 9.36 Å². The second-order valence-electron chi connectivity index (χ2n) is 5.52. The molecule has 138 valence electrons. The fraction of sp³-hybridized carbons (Fsp3) is 0.118. The Morgan fingerprint density at radius 1 is 1.00 bits per heavy atom. The Kier molecular flexibility index (Phi) is 3.75. The number of carbonyl (C=O) groups is 1. The molecule has 1 unspecified atom stereocenters. The molecular formula is C17H8ClF3N2O4. The number of aromatic nitrogens is 1. The molecule has 6 nitrogen and oxygen atoms in total. The third kappa shape index (κ3) is 2.74. The summed E-state index contributed by atoms with van der Waals surface area (Å²) < 4.78 is 56.4. The number of halogens is 4. The van der Waals surface area contributed by atoms with E-state index in [1.54, 1.807) is 18.2 Å². The summed E-state index contributed by atoms with van der Waals surface area (Å²) in [5, 5.41) is 0.